The Hall–Kier alpha value is -1.87. The van der Waals surface area contributed by atoms with E-state index in [2.05, 4.69) is 14.8 Å². The smallest absolute Gasteiger partial charge is 0.433 e. The van der Waals surface area contributed by atoms with E-state index in [0.717, 1.165) is 60.2 Å². The Kier molecular flexibility index (Phi) is 5.35. The fourth-order valence-electron chi connectivity index (χ4n) is 4.44. The first-order valence-electron chi connectivity index (χ1n) is 10.6. The van der Waals surface area contributed by atoms with Gasteiger partial charge in [-0.2, -0.15) is 13.2 Å². The van der Waals surface area contributed by atoms with E-state index < -0.39 is 11.9 Å². The van der Waals surface area contributed by atoms with Gasteiger partial charge in [-0.25, -0.2) is 9.97 Å². The van der Waals surface area contributed by atoms with E-state index in [1.807, 2.05) is 0 Å². The second-order valence-corrected chi connectivity index (χ2v) is 9.40. The lowest BCUT2D eigenvalue weighted by molar-refractivity contribution is -0.141. The van der Waals surface area contributed by atoms with E-state index in [9.17, 15) is 13.2 Å². The third-order valence-corrected chi connectivity index (χ3v) is 7.42. The van der Waals surface area contributed by atoms with Gasteiger partial charge < -0.3 is 14.5 Å². The van der Waals surface area contributed by atoms with Crippen LogP contribution >= 0.6 is 11.3 Å². The molecule has 0 unspecified atom stereocenters. The van der Waals surface area contributed by atoms with Gasteiger partial charge in [0.15, 0.2) is 0 Å². The van der Waals surface area contributed by atoms with Gasteiger partial charge in [-0.05, 0) is 37.8 Å². The third-order valence-electron chi connectivity index (χ3n) is 6.45. The maximum atomic E-state index is 12.7. The second kappa shape index (κ2) is 8.00. The van der Waals surface area contributed by atoms with Crippen molar-refractivity contribution in [1.82, 2.24) is 14.9 Å². The van der Waals surface area contributed by atoms with E-state index >= 15 is 0 Å². The molecule has 9 heteroatoms. The van der Waals surface area contributed by atoms with Crippen LogP contribution in [0.25, 0.3) is 0 Å². The number of likely N-dealkylation sites (tertiary alicyclic amines) is 1. The zero-order chi connectivity index (χ0) is 20.7. The summed E-state index contributed by atoms with van der Waals surface area (Å²) in [6.07, 6.45) is 4.03. The molecular weight excluding hydrogens is 413 g/mol. The van der Waals surface area contributed by atoms with Crippen molar-refractivity contribution in [3.8, 4) is 5.19 Å². The van der Waals surface area contributed by atoms with Gasteiger partial charge in [-0.1, -0.05) is 17.8 Å². The van der Waals surface area contributed by atoms with Crippen LogP contribution < -0.4 is 9.64 Å². The number of thiazole rings is 1. The summed E-state index contributed by atoms with van der Waals surface area (Å²) in [7, 11) is 0. The van der Waals surface area contributed by atoms with Crippen LogP contribution in [0.4, 0.5) is 18.9 Å². The van der Waals surface area contributed by atoms with Crippen molar-refractivity contribution in [2.75, 3.05) is 24.5 Å². The average molecular weight is 439 g/mol. The molecule has 1 saturated carbocycles. The minimum atomic E-state index is -4.41. The summed E-state index contributed by atoms with van der Waals surface area (Å²) in [5, 5.41) is 0.731. The van der Waals surface area contributed by atoms with Crippen LogP contribution in [-0.2, 0) is 19.1 Å². The molecule has 3 aliphatic rings. The zero-order valence-corrected chi connectivity index (χ0v) is 17.5. The number of ether oxygens (including phenoxy) is 1. The van der Waals surface area contributed by atoms with E-state index in [-0.39, 0.29) is 6.10 Å². The van der Waals surface area contributed by atoms with Gasteiger partial charge in [0.05, 0.1) is 29.0 Å². The zero-order valence-electron chi connectivity index (χ0n) is 16.7. The molecule has 5 rings (SSSR count). The standard InChI is InChI=1S/C21H25F3N4OS/c22-21(23,24)19-5-4-15(12-25-19)28-11-8-17-18(13-28)30-20(26-17)29-16-6-9-27(10-7-16)14-2-1-3-14/h4-5,12,14,16H,1-3,6-11,13H2. The molecule has 0 aromatic carbocycles. The molecule has 0 radical (unpaired) electrons. The molecule has 4 heterocycles. The number of alkyl halides is 3. The molecule has 1 saturated heterocycles. The highest BCUT2D eigenvalue weighted by Gasteiger charge is 2.33. The lowest BCUT2D eigenvalue weighted by Gasteiger charge is -2.41. The highest BCUT2D eigenvalue weighted by atomic mass is 32.1. The molecule has 162 valence electrons. The van der Waals surface area contributed by atoms with Crippen LogP contribution in [0.3, 0.4) is 0 Å². The lowest BCUT2D eigenvalue weighted by atomic mass is 9.90. The highest BCUT2D eigenvalue weighted by Crippen LogP contribution is 2.35. The van der Waals surface area contributed by atoms with Gasteiger partial charge in [-0.3, -0.25) is 0 Å². The minimum Gasteiger partial charge on any atom is -0.467 e. The van der Waals surface area contributed by atoms with Gasteiger partial charge in [0, 0.05) is 32.1 Å². The van der Waals surface area contributed by atoms with Gasteiger partial charge in [0.25, 0.3) is 5.19 Å². The largest absolute Gasteiger partial charge is 0.467 e. The Morgan fingerprint density at radius 2 is 1.87 bits per heavy atom. The molecule has 1 aliphatic carbocycles. The summed E-state index contributed by atoms with van der Waals surface area (Å²) >= 11 is 1.57. The maximum absolute atomic E-state index is 12.7. The molecule has 2 fully saturated rings. The number of hydrogen-bond donors (Lipinski definition) is 0. The topological polar surface area (TPSA) is 41.5 Å². The quantitative estimate of drug-likeness (QED) is 0.702. The first kappa shape index (κ1) is 20.1. The summed E-state index contributed by atoms with van der Waals surface area (Å²) in [5.41, 5.74) is 0.895. The number of hydrogen-bond acceptors (Lipinski definition) is 6. The molecule has 2 aliphatic heterocycles. The molecule has 0 atom stereocenters. The van der Waals surface area contributed by atoms with Gasteiger partial charge >= 0.3 is 6.18 Å². The number of piperidine rings is 1. The van der Waals surface area contributed by atoms with Crippen molar-refractivity contribution < 1.29 is 17.9 Å². The third kappa shape index (κ3) is 4.14. The Labute approximate surface area is 177 Å². The number of anilines is 1. The van der Waals surface area contributed by atoms with E-state index in [1.54, 1.807) is 11.3 Å². The number of nitrogens with zero attached hydrogens (tertiary/aromatic N) is 4. The number of rotatable bonds is 4. The average Bonchev–Trinajstić information content (AvgIpc) is 3.09. The van der Waals surface area contributed by atoms with Crippen molar-refractivity contribution in [2.45, 2.75) is 63.4 Å². The predicted molar refractivity (Wildman–Crippen MR) is 109 cm³/mol. The summed E-state index contributed by atoms with van der Waals surface area (Å²) in [5.74, 6) is 0. The summed E-state index contributed by atoms with van der Waals surface area (Å²) < 4.78 is 44.4. The van der Waals surface area contributed by atoms with Crippen molar-refractivity contribution in [3.63, 3.8) is 0 Å². The SMILES string of the molecule is FC(F)(F)c1ccc(N2CCc3nc(OC4CCN(C5CCC5)CC4)sc3C2)cn1. The fourth-order valence-corrected chi connectivity index (χ4v) is 5.47. The predicted octanol–water partition coefficient (Wildman–Crippen LogP) is 4.52. The Balaban J connectivity index is 1.19. The van der Waals surface area contributed by atoms with Crippen LogP contribution in [0, 0.1) is 0 Å². The Morgan fingerprint density at radius 1 is 1.07 bits per heavy atom. The molecule has 30 heavy (non-hydrogen) atoms. The Morgan fingerprint density at radius 3 is 2.50 bits per heavy atom. The lowest BCUT2D eigenvalue weighted by Crippen LogP contribution is -2.46. The monoisotopic (exact) mass is 438 g/mol. The van der Waals surface area contributed by atoms with Crippen LogP contribution in [0.1, 0.15) is 48.4 Å². The molecule has 2 aromatic rings. The molecule has 0 spiro atoms. The normalized spacial score (nSPS) is 21.4. The molecule has 2 aromatic heterocycles. The molecular formula is C21H25F3N4OS. The van der Waals surface area contributed by atoms with Gasteiger partial charge in [-0.15, -0.1) is 0 Å². The van der Waals surface area contributed by atoms with E-state index in [0.29, 0.717) is 18.8 Å². The molecule has 0 N–H and O–H groups in total. The number of halogens is 3. The molecule has 5 nitrogen and oxygen atoms in total. The first-order chi connectivity index (χ1) is 14.5. The van der Waals surface area contributed by atoms with Crippen molar-refractivity contribution >= 4 is 17.0 Å². The maximum Gasteiger partial charge on any atom is 0.433 e. The van der Waals surface area contributed by atoms with Crippen molar-refractivity contribution in [1.29, 1.82) is 0 Å². The van der Waals surface area contributed by atoms with Gasteiger partial charge in [0.2, 0.25) is 0 Å². The minimum absolute atomic E-state index is 0.226. The number of fused-ring (bicyclic) bond motifs is 1. The summed E-state index contributed by atoms with van der Waals surface area (Å²) in [4.78, 5) is 14.1. The second-order valence-electron chi connectivity index (χ2n) is 8.36. The van der Waals surface area contributed by atoms with Crippen molar-refractivity contribution in [3.05, 3.63) is 34.6 Å². The molecule has 0 amide bonds. The van der Waals surface area contributed by atoms with E-state index in [1.165, 1.54) is 31.5 Å². The number of pyridine rings is 1. The Bertz CT molecular complexity index is 873. The van der Waals surface area contributed by atoms with Gasteiger partial charge in [0.1, 0.15) is 11.8 Å². The number of aromatic nitrogens is 2. The first-order valence-corrected chi connectivity index (χ1v) is 11.4. The van der Waals surface area contributed by atoms with E-state index in [4.69, 9.17) is 9.72 Å². The van der Waals surface area contributed by atoms with Crippen molar-refractivity contribution in [2.24, 2.45) is 0 Å². The summed E-state index contributed by atoms with van der Waals surface area (Å²) in [6, 6.07) is 3.33. The fraction of sp³-hybridized carbons (Fsp3) is 0.619. The van der Waals surface area contributed by atoms with Crippen LogP contribution in [0.2, 0.25) is 0 Å². The van der Waals surface area contributed by atoms with Crippen LogP contribution in [0.15, 0.2) is 18.3 Å². The van der Waals surface area contributed by atoms with Crippen LogP contribution in [-0.4, -0.2) is 46.6 Å². The summed E-state index contributed by atoms with van der Waals surface area (Å²) in [6.45, 7) is 3.55. The van der Waals surface area contributed by atoms with Crippen LogP contribution in [0.5, 0.6) is 5.19 Å². The molecule has 0 bridgehead atoms. The highest BCUT2D eigenvalue weighted by molar-refractivity contribution is 7.13.